The van der Waals surface area contributed by atoms with Crippen LogP contribution in [-0.4, -0.2) is 106 Å². The molecule has 1 saturated carbocycles. The lowest BCUT2D eigenvalue weighted by Crippen LogP contribution is -2.64. The molecule has 0 radical (unpaired) electrons. The quantitative estimate of drug-likeness (QED) is 0.117. The summed E-state index contributed by atoms with van der Waals surface area (Å²) in [5, 5.41) is 33.1. The number of ether oxygens (including phenoxy) is 6. The first-order chi connectivity index (χ1) is 18.5. The zero-order valence-corrected chi connectivity index (χ0v) is 22.7. The van der Waals surface area contributed by atoms with Crippen LogP contribution in [0, 0.1) is 16.0 Å². The van der Waals surface area contributed by atoms with Crippen molar-refractivity contribution in [3.63, 3.8) is 0 Å². The van der Waals surface area contributed by atoms with E-state index < -0.39 is 108 Å². The molecular weight excluding hydrogens is 546 g/mol. The predicted molar refractivity (Wildman–Crippen MR) is 125 cm³/mol. The normalized spacial score (nSPS) is 25.1. The predicted octanol–water partition coefficient (Wildman–Crippen LogP) is -1.40. The first-order valence-electron chi connectivity index (χ1n) is 11.9. The Morgan fingerprint density at radius 1 is 0.775 bits per heavy atom. The molecule has 17 heteroatoms. The third-order valence-corrected chi connectivity index (χ3v) is 5.68. The Kier molecular flexibility index (Phi) is 12.9. The summed E-state index contributed by atoms with van der Waals surface area (Å²) in [6.45, 7) is 4.86. The fraction of sp³-hybridized carbons (Fsp3) is 0.739. The second-order valence-electron chi connectivity index (χ2n) is 8.98. The van der Waals surface area contributed by atoms with Crippen LogP contribution < -0.4 is 0 Å². The molecule has 1 aliphatic rings. The number of rotatable bonds is 12. The van der Waals surface area contributed by atoms with Gasteiger partial charge in [-0.05, 0) is 6.42 Å². The summed E-state index contributed by atoms with van der Waals surface area (Å²) in [5.41, 5.74) is 0. The van der Waals surface area contributed by atoms with Crippen LogP contribution in [0.1, 0.15) is 48.0 Å². The van der Waals surface area contributed by atoms with Crippen LogP contribution in [0.2, 0.25) is 0 Å². The van der Waals surface area contributed by atoms with E-state index in [4.69, 9.17) is 28.4 Å². The van der Waals surface area contributed by atoms with Crippen LogP contribution in [0.4, 0.5) is 0 Å². The topological polar surface area (TPSA) is 241 Å². The maximum atomic E-state index is 12.2. The highest BCUT2D eigenvalue weighted by Crippen LogP contribution is 2.37. The van der Waals surface area contributed by atoms with E-state index >= 15 is 0 Å². The third-order valence-electron chi connectivity index (χ3n) is 5.68. The maximum Gasteiger partial charge on any atom is 0.303 e. The average molecular weight is 580 g/mol. The molecule has 1 rings (SSSR count). The number of esters is 6. The van der Waals surface area contributed by atoms with Gasteiger partial charge >= 0.3 is 35.8 Å². The lowest BCUT2D eigenvalue weighted by molar-refractivity contribution is -0.554. The smallest absolute Gasteiger partial charge is 0.303 e. The number of hydrogen-bond donors (Lipinski definition) is 2. The zero-order chi connectivity index (χ0) is 30.9. The molecule has 0 aromatic rings. The summed E-state index contributed by atoms with van der Waals surface area (Å²) in [7, 11) is 0. The van der Waals surface area contributed by atoms with Crippen molar-refractivity contribution in [1.82, 2.24) is 0 Å². The molecule has 0 aromatic heterocycles. The molecule has 9 atom stereocenters. The number of carbonyl (C=O) groups excluding carboxylic acids is 6. The minimum Gasteiger partial charge on any atom is -0.462 e. The summed E-state index contributed by atoms with van der Waals surface area (Å²) in [6, 6.07) is -2.05. The van der Waals surface area contributed by atoms with Crippen LogP contribution in [0.5, 0.6) is 0 Å². The highest BCUT2D eigenvalue weighted by Gasteiger charge is 2.59. The molecule has 0 unspecified atom stereocenters. The van der Waals surface area contributed by atoms with Gasteiger partial charge in [0.2, 0.25) is 0 Å². The molecule has 17 nitrogen and oxygen atoms in total. The summed E-state index contributed by atoms with van der Waals surface area (Å²) >= 11 is 0. The molecule has 2 N–H and O–H groups in total. The molecule has 1 aliphatic carbocycles. The second kappa shape index (κ2) is 15.1. The van der Waals surface area contributed by atoms with Crippen molar-refractivity contribution in [2.24, 2.45) is 5.92 Å². The molecular formula is C23H33NO16. The molecule has 0 aliphatic heterocycles. The standard InChI is InChI=1S/C23H33NO16/c1-9(25)35-8-17(36-10(2)26)21(38-12(4)28)23(40-14(6)30)20(37-11(3)27)15-7-16(31)19(32)22(39-13(5)29)18(15)24(33)34/h15-23,31-32H,7-8H2,1-6H3/t15-,16-,17+,18+,19-,20-,21-,22-,23+/m0/s1. The number of carbonyl (C=O) groups is 6. The summed E-state index contributed by atoms with van der Waals surface area (Å²) in [6.07, 6.45) is -13.8. The van der Waals surface area contributed by atoms with E-state index in [2.05, 4.69) is 0 Å². The highest BCUT2D eigenvalue weighted by molar-refractivity contribution is 5.69. The first-order valence-corrected chi connectivity index (χ1v) is 11.9. The van der Waals surface area contributed by atoms with Gasteiger partial charge in [-0.2, -0.15) is 0 Å². The number of aliphatic hydroxyl groups excluding tert-OH is 2. The van der Waals surface area contributed by atoms with Gasteiger partial charge < -0.3 is 38.6 Å². The SMILES string of the molecule is CC(=O)OC[C@@H](OC(C)=O)[C@H](OC(C)=O)[C@H](OC(C)=O)[C@@H](OC(C)=O)[C@H]1C[C@H](O)[C@H](O)[C@@H](OC(C)=O)[C@@H]1[N+](=O)[O-]. The Labute approximate surface area is 228 Å². The van der Waals surface area contributed by atoms with Crippen molar-refractivity contribution in [3.8, 4) is 0 Å². The van der Waals surface area contributed by atoms with E-state index in [1.807, 2.05) is 0 Å². The Bertz CT molecular complexity index is 982. The van der Waals surface area contributed by atoms with Crippen molar-refractivity contribution in [3.05, 3.63) is 10.1 Å². The van der Waals surface area contributed by atoms with E-state index in [9.17, 15) is 49.1 Å². The molecule has 40 heavy (non-hydrogen) atoms. The van der Waals surface area contributed by atoms with Crippen molar-refractivity contribution in [1.29, 1.82) is 0 Å². The van der Waals surface area contributed by atoms with Gasteiger partial charge in [0.05, 0.1) is 12.0 Å². The number of hydrogen-bond acceptors (Lipinski definition) is 16. The van der Waals surface area contributed by atoms with Crippen LogP contribution in [0.15, 0.2) is 0 Å². The molecule has 0 heterocycles. The van der Waals surface area contributed by atoms with E-state index in [0.29, 0.717) is 0 Å². The van der Waals surface area contributed by atoms with E-state index in [-0.39, 0.29) is 0 Å². The minimum absolute atomic E-state index is 0.657. The van der Waals surface area contributed by atoms with Gasteiger partial charge in [0.25, 0.3) is 6.04 Å². The second-order valence-corrected chi connectivity index (χ2v) is 8.98. The maximum absolute atomic E-state index is 12.2. The highest BCUT2D eigenvalue weighted by atomic mass is 16.7. The number of aliphatic hydroxyl groups is 2. The number of nitrogens with zero attached hydrogens (tertiary/aromatic N) is 1. The zero-order valence-electron chi connectivity index (χ0n) is 22.7. The summed E-state index contributed by atoms with van der Waals surface area (Å²) in [4.78, 5) is 82.7. The Hall–Kier alpha value is -3.86. The van der Waals surface area contributed by atoms with Gasteiger partial charge in [0.15, 0.2) is 30.5 Å². The van der Waals surface area contributed by atoms with Crippen molar-refractivity contribution in [2.75, 3.05) is 6.61 Å². The van der Waals surface area contributed by atoms with Gasteiger partial charge in [-0.3, -0.25) is 38.9 Å². The lowest BCUT2D eigenvalue weighted by Gasteiger charge is -2.43. The molecule has 0 bridgehead atoms. The van der Waals surface area contributed by atoms with Crippen molar-refractivity contribution >= 4 is 35.8 Å². The van der Waals surface area contributed by atoms with Crippen molar-refractivity contribution < 1.29 is 72.3 Å². The van der Waals surface area contributed by atoms with Crippen LogP contribution in [-0.2, 0) is 57.2 Å². The Morgan fingerprint density at radius 3 is 1.70 bits per heavy atom. The third kappa shape index (κ3) is 10.0. The van der Waals surface area contributed by atoms with Gasteiger partial charge in [0, 0.05) is 46.5 Å². The molecule has 1 fully saturated rings. The molecule has 226 valence electrons. The average Bonchev–Trinajstić information content (AvgIpc) is 2.79. The fourth-order valence-electron chi connectivity index (χ4n) is 4.42. The van der Waals surface area contributed by atoms with Crippen LogP contribution in [0.3, 0.4) is 0 Å². The Morgan fingerprint density at radius 2 is 1.27 bits per heavy atom. The van der Waals surface area contributed by atoms with Crippen LogP contribution >= 0.6 is 0 Å². The van der Waals surface area contributed by atoms with Gasteiger partial charge in [-0.25, -0.2) is 0 Å². The van der Waals surface area contributed by atoms with E-state index in [1.165, 1.54) is 0 Å². The molecule has 0 spiro atoms. The Balaban J connectivity index is 3.86. The van der Waals surface area contributed by atoms with Gasteiger partial charge in [-0.1, -0.05) is 0 Å². The van der Waals surface area contributed by atoms with Gasteiger partial charge in [0.1, 0.15) is 12.7 Å². The minimum atomic E-state index is -2.05. The lowest BCUT2D eigenvalue weighted by atomic mass is 9.74. The van der Waals surface area contributed by atoms with E-state index in [0.717, 1.165) is 41.5 Å². The molecule has 0 amide bonds. The van der Waals surface area contributed by atoms with Crippen LogP contribution in [0.25, 0.3) is 0 Å². The molecule has 0 saturated heterocycles. The number of nitro groups is 1. The van der Waals surface area contributed by atoms with E-state index in [1.54, 1.807) is 0 Å². The first kappa shape index (κ1) is 34.2. The summed E-state index contributed by atoms with van der Waals surface area (Å²) < 4.78 is 30.8. The largest absolute Gasteiger partial charge is 0.462 e. The van der Waals surface area contributed by atoms with Gasteiger partial charge in [-0.15, -0.1) is 0 Å². The summed E-state index contributed by atoms with van der Waals surface area (Å²) in [5.74, 6) is -7.69. The van der Waals surface area contributed by atoms with Crippen molar-refractivity contribution in [2.45, 2.75) is 96.7 Å². The molecule has 0 aromatic carbocycles. The monoisotopic (exact) mass is 579 g/mol. The fourth-order valence-corrected chi connectivity index (χ4v) is 4.42.